The standard InChI is InChI=1S/C25H14BrNO6/c26-15-7-3-5-13(11-15)19-20-22(29)17-9-1-2-10-18(17)23(30)25(20)33-24(19)21(28)14-6-4-8-16(12-14)27(31)32/h1-12,19,24H/t19-,24-/m1/s1. The number of fused-ring (bicyclic) bond motifs is 1. The average molecular weight is 504 g/mol. The van der Waals surface area contributed by atoms with Gasteiger partial charge in [0.15, 0.2) is 17.6 Å². The summed E-state index contributed by atoms with van der Waals surface area (Å²) in [6, 6.07) is 18.8. The van der Waals surface area contributed by atoms with Gasteiger partial charge in [0.2, 0.25) is 11.6 Å². The van der Waals surface area contributed by atoms with Crippen molar-refractivity contribution in [3.05, 3.63) is 121 Å². The molecule has 0 radical (unpaired) electrons. The van der Waals surface area contributed by atoms with Crippen LogP contribution < -0.4 is 0 Å². The lowest BCUT2D eigenvalue weighted by atomic mass is 9.78. The molecular weight excluding hydrogens is 490 g/mol. The van der Waals surface area contributed by atoms with E-state index in [1.807, 2.05) is 0 Å². The van der Waals surface area contributed by atoms with Gasteiger partial charge in [-0.3, -0.25) is 24.5 Å². The first-order valence-electron chi connectivity index (χ1n) is 10.00. The third-order valence-corrected chi connectivity index (χ3v) is 6.27. The number of halogens is 1. The zero-order valence-corrected chi connectivity index (χ0v) is 18.4. The molecule has 0 bridgehead atoms. The van der Waals surface area contributed by atoms with Crippen LogP contribution >= 0.6 is 15.9 Å². The number of Topliss-reactive ketones (excluding diaryl/α,β-unsaturated/α-hetero) is 3. The maximum atomic E-state index is 13.5. The van der Waals surface area contributed by atoms with Crippen molar-refractivity contribution < 1.29 is 24.0 Å². The summed E-state index contributed by atoms with van der Waals surface area (Å²) in [5.74, 6) is -2.39. The number of carbonyl (C=O) groups excluding carboxylic acids is 3. The molecule has 0 saturated heterocycles. The van der Waals surface area contributed by atoms with Crippen molar-refractivity contribution in [3.63, 3.8) is 0 Å². The predicted molar refractivity (Wildman–Crippen MR) is 121 cm³/mol. The van der Waals surface area contributed by atoms with E-state index in [9.17, 15) is 24.5 Å². The lowest BCUT2D eigenvalue weighted by molar-refractivity contribution is -0.384. The van der Waals surface area contributed by atoms with E-state index in [4.69, 9.17) is 4.74 Å². The first-order chi connectivity index (χ1) is 15.9. The third-order valence-electron chi connectivity index (χ3n) is 5.78. The van der Waals surface area contributed by atoms with Crippen LogP contribution in [-0.2, 0) is 4.74 Å². The number of ether oxygens (including phenoxy) is 1. The second kappa shape index (κ2) is 7.90. The van der Waals surface area contributed by atoms with Gasteiger partial charge < -0.3 is 4.74 Å². The Morgan fingerprint density at radius 1 is 0.909 bits per heavy atom. The summed E-state index contributed by atoms with van der Waals surface area (Å²) in [5.41, 5.74) is 1.03. The molecule has 0 N–H and O–H groups in total. The Labute approximate surface area is 196 Å². The predicted octanol–water partition coefficient (Wildman–Crippen LogP) is 5.06. The topological polar surface area (TPSA) is 104 Å². The molecule has 33 heavy (non-hydrogen) atoms. The highest BCUT2D eigenvalue weighted by atomic mass is 79.9. The molecule has 3 aromatic rings. The largest absolute Gasteiger partial charge is 0.477 e. The number of nitrogens with zero attached hydrogens (tertiary/aromatic N) is 1. The van der Waals surface area contributed by atoms with Gasteiger partial charge in [0.25, 0.3) is 5.69 Å². The van der Waals surface area contributed by atoms with Gasteiger partial charge in [0, 0.05) is 33.3 Å². The molecular formula is C25H14BrNO6. The van der Waals surface area contributed by atoms with Crippen LogP contribution in [0.5, 0.6) is 0 Å². The van der Waals surface area contributed by atoms with E-state index in [0.717, 1.165) is 4.47 Å². The fourth-order valence-corrected chi connectivity index (χ4v) is 4.72. The summed E-state index contributed by atoms with van der Waals surface area (Å²) < 4.78 is 6.63. The van der Waals surface area contributed by atoms with E-state index in [2.05, 4.69) is 15.9 Å². The highest BCUT2D eigenvalue weighted by Crippen LogP contribution is 2.46. The number of allylic oxidation sites excluding steroid dienone is 1. The molecule has 0 unspecified atom stereocenters. The Balaban J connectivity index is 1.65. The van der Waals surface area contributed by atoms with Gasteiger partial charge in [-0.25, -0.2) is 0 Å². The van der Waals surface area contributed by atoms with Crippen LogP contribution in [-0.4, -0.2) is 28.4 Å². The molecule has 5 rings (SSSR count). The molecule has 7 nitrogen and oxygen atoms in total. The number of benzene rings is 3. The van der Waals surface area contributed by atoms with Crippen LogP contribution in [0.2, 0.25) is 0 Å². The van der Waals surface area contributed by atoms with Crippen molar-refractivity contribution in [2.45, 2.75) is 12.0 Å². The van der Waals surface area contributed by atoms with Crippen molar-refractivity contribution in [3.8, 4) is 0 Å². The van der Waals surface area contributed by atoms with Crippen LogP contribution in [0.3, 0.4) is 0 Å². The van der Waals surface area contributed by atoms with Crippen LogP contribution in [0, 0.1) is 10.1 Å². The summed E-state index contributed by atoms with van der Waals surface area (Å²) in [7, 11) is 0. The summed E-state index contributed by atoms with van der Waals surface area (Å²) in [5, 5.41) is 11.2. The molecule has 0 fully saturated rings. The van der Waals surface area contributed by atoms with Crippen molar-refractivity contribution >= 4 is 39.0 Å². The minimum atomic E-state index is -1.23. The van der Waals surface area contributed by atoms with Crippen molar-refractivity contribution in [1.82, 2.24) is 0 Å². The molecule has 8 heteroatoms. The normalized spacial score (nSPS) is 19.1. The van der Waals surface area contributed by atoms with Gasteiger partial charge in [0.05, 0.1) is 16.4 Å². The number of hydrogen-bond donors (Lipinski definition) is 0. The fourth-order valence-electron chi connectivity index (χ4n) is 4.30. The van der Waals surface area contributed by atoms with Crippen LogP contribution in [0.4, 0.5) is 5.69 Å². The van der Waals surface area contributed by atoms with E-state index in [-0.39, 0.29) is 39.5 Å². The minimum absolute atomic E-state index is 0.0615. The highest BCUT2D eigenvalue weighted by Gasteiger charge is 2.50. The zero-order chi connectivity index (χ0) is 23.3. The van der Waals surface area contributed by atoms with E-state index in [1.54, 1.807) is 48.5 Å². The number of hydrogen-bond acceptors (Lipinski definition) is 6. The van der Waals surface area contributed by atoms with Gasteiger partial charge in [-0.05, 0) is 17.7 Å². The molecule has 0 aromatic heterocycles. The maximum Gasteiger partial charge on any atom is 0.270 e. The molecule has 1 heterocycles. The quantitative estimate of drug-likeness (QED) is 0.280. The van der Waals surface area contributed by atoms with Gasteiger partial charge in [-0.1, -0.05) is 64.5 Å². The van der Waals surface area contributed by atoms with Gasteiger partial charge in [0.1, 0.15) is 0 Å². The number of ketones is 3. The molecule has 1 aliphatic carbocycles. The number of carbonyl (C=O) groups is 3. The first-order valence-corrected chi connectivity index (χ1v) is 10.8. The number of nitro groups is 1. The number of non-ortho nitro benzene ring substituents is 1. The lowest BCUT2D eigenvalue weighted by Crippen LogP contribution is -2.28. The van der Waals surface area contributed by atoms with E-state index >= 15 is 0 Å². The Morgan fingerprint density at radius 3 is 2.30 bits per heavy atom. The second-order valence-corrected chi connectivity index (χ2v) is 8.61. The lowest BCUT2D eigenvalue weighted by Gasteiger charge is -2.21. The number of rotatable bonds is 4. The molecule has 2 aliphatic rings. The van der Waals surface area contributed by atoms with Crippen LogP contribution in [0.15, 0.2) is 88.6 Å². The Morgan fingerprint density at radius 2 is 1.61 bits per heavy atom. The summed E-state index contributed by atoms with van der Waals surface area (Å²) in [6.45, 7) is 0. The van der Waals surface area contributed by atoms with Crippen LogP contribution in [0.25, 0.3) is 0 Å². The van der Waals surface area contributed by atoms with E-state index < -0.39 is 28.5 Å². The van der Waals surface area contributed by atoms with Crippen molar-refractivity contribution in [1.29, 1.82) is 0 Å². The van der Waals surface area contributed by atoms with E-state index in [0.29, 0.717) is 5.56 Å². The average Bonchev–Trinajstić information content (AvgIpc) is 3.23. The van der Waals surface area contributed by atoms with Crippen LogP contribution in [0.1, 0.15) is 42.6 Å². The smallest absolute Gasteiger partial charge is 0.270 e. The molecule has 162 valence electrons. The highest BCUT2D eigenvalue weighted by molar-refractivity contribution is 9.10. The summed E-state index contributed by atoms with van der Waals surface area (Å²) >= 11 is 3.41. The van der Waals surface area contributed by atoms with Crippen molar-refractivity contribution in [2.75, 3.05) is 0 Å². The molecule has 0 saturated carbocycles. The SMILES string of the molecule is O=C1C2=C(C(=O)c3ccccc31)[C@@H](c1cccc(Br)c1)[C@H](C(=O)c1cccc([N+](=O)[O-])c1)O2. The van der Waals surface area contributed by atoms with Gasteiger partial charge in [-0.2, -0.15) is 0 Å². The number of nitro benzene ring substituents is 1. The molecule has 0 spiro atoms. The zero-order valence-electron chi connectivity index (χ0n) is 16.9. The second-order valence-electron chi connectivity index (χ2n) is 7.69. The Bertz CT molecular complexity index is 1410. The van der Waals surface area contributed by atoms with Crippen molar-refractivity contribution in [2.24, 2.45) is 0 Å². The van der Waals surface area contributed by atoms with Gasteiger partial charge >= 0.3 is 0 Å². The van der Waals surface area contributed by atoms with Gasteiger partial charge in [-0.15, -0.1) is 0 Å². The Hall–Kier alpha value is -3.91. The molecule has 1 aliphatic heterocycles. The minimum Gasteiger partial charge on any atom is -0.477 e. The summed E-state index contributed by atoms with van der Waals surface area (Å²) in [4.78, 5) is 50.8. The molecule has 2 atom stereocenters. The van der Waals surface area contributed by atoms with E-state index in [1.165, 1.54) is 24.3 Å². The fraction of sp³-hybridized carbons (Fsp3) is 0.0800. The summed E-state index contributed by atoms with van der Waals surface area (Å²) in [6.07, 6.45) is -1.23. The third kappa shape index (κ3) is 3.39. The monoisotopic (exact) mass is 503 g/mol. The Kier molecular flexibility index (Phi) is 5.02. The maximum absolute atomic E-state index is 13.5. The first kappa shape index (κ1) is 21.0. The molecule has 3 aromatic carbocycles. The molecule has 0 amide bonds.